The number of ether oxygens (including phenoxy) is 1. The van der Waals surface area contributed by atoms with Crippen molar-refractivity contribution in [3.05, 3.63) is 29.8 Å². The van der Waals surface area contributed by atoms with Crippen LogP contribution in [0.5, 0.6) is 5.75 Å². The highest BCUT2D eigenvalue weighted by Crippen LogP contribution is 2.21. The Labute approximate surface area is 149 Å². The van der Waals surface area contributed by atoms with Crippen LogP contribution in [0.25, 0.3) is 0 Å². The molecule has 2 amide bonds. The van der Waals surface area contributed by atoms with Crippen molar-refractivity contribution < 1.29 is 19.4 Å². The van der Waals surface area contributed by atoms with Crippen molar-refractivity contribution in [2.45, 2.75) is 26.7 Å². The fourth-order valence-electron chi connectivity index (χ4n) is 3.25. The molecule has 1 aliphatic rings. The molecule has 1 aromatic carbocycles. The quantitative estimate of drug-likeness (QED) is 0.777. The molecule has 0 spiro atoms. The average Bonchev–Trinajstić information content (AvgIpc) is 2.58. The van der Waals surface area contributed by atoms with Gasteiger partial charge in [-0.25, -0.2) is 0 Å². The first kappa shape index (κ1) is 19.2. The number of piperidine rings is 1. The molecule has 0 bridgehead atoms. The third-order valence-corrected chi connectivity index (χ3v) is 4.31. The zero-order valence-corrected chi connectivity index (χ0v) is 15.0. The molecule has 0 saturated carbocycles. The molecule has 138 valence electrons. The maximum atomic E-state index is 12.3. The zero-order valence-electron chi connectivity index (χ0n) is 15.0. The second kappa shape index (κ2) is 9.42. The van der Waals surface area contributed by atoms with Gasteiger partial charge in [-0.2, -0.15) is 0 Å². The lowest BCUT2D eigenvalue weighted by atomic mass is 9.92. The van der Waals surface area contributed by atoms with Gasteiger partial charge < -0.3 is 20.1 Å². The van der Waals surface area contributed by atoms with Crippen LogP contribution >= 0.6 is 0 Å². The number of aliphatic hydroxyl groups is 1. The summed E-state index contributed by atoms with van der Waals surface area (Å²) in [5, 5.41) is 11.3. The largest absolute Gasteiger partial charge is 0.484 e. The summed E-state index contributed by atoms with van der Waals surface area (Å²) in [6, 6.07) is 7.15. The van der Waals surface area contributed by atoms with Crippen LogP contribution in [-0.4, -0.2) is 54.7 Å². The third kappa shape index (κ3) is 6.38. The topological polar surface area (TPSA) is 78.9 Å². The van der Waals surface area contributed by atoms with Crippen molar-refractivity contribution in [2.75, 3.05) is 32.8 Å². The molecule has 6 heteroatoms. The Morgan fingerprint density at radius 1 is 1.20 bits per heavy atom. The van der Waals surface area contributed by atoms with E-state index in [1.165, 1.54) is 0 Å². The van der Waals surface area contributed by atoms with Gasteiger partial charge in [0.15, 0.2) is 6.61 Å². The fraction of sp³-hybridized carbons (Fsp3) is 0.579. The summed E-state index contributed by atoms with van der Waals surface area (Å²) in [6.07, 6.45) is 1.42. The highest BCUT2D eigenvalue weighted by molar-refractivity contribution is 5.79. The van der Waals surface area contributed by atoms with E-state index in [2.05, 4.69) is 19.2 Å². The van der Waals surface area contributed by atoms with E-state index in [1.807, 2.05) is 17.0 Å². The lowest BCUT2D eigenvalue weighted by Gasteiger charge is -2.34. The number of benzene rings is 1. The van der Waals surface area contributed by atoms with E-state index in [4.69, 9.17) is 9.84 Å². The number of amides is 2. The van der Waals surface area contributed by atoms with Gasteiger partial charge in [0.25, 0.3) is 5.91 Å². The van der Waals surface area contributed by atoms with E-state index in [-0.39, 0.29) is 38.0 Å². The van der Waals surface area contributed by atoms with Crippen LogP contribution in [0.3, 0.4) is 0 Å². The third-order valence-electron chi connectivity index (χ3n) is 4.31. The Hall–Kier alpha value is -2.08. The van der Waals surface area contributed by atoms with Gasteiger partial charge in [-0.1, -0.05) is 26.0 Å². The molecule has 6 nitrogen and oxygen atoms in total. The van der Waals surface area contributed by atoms with Crippen LogP contribution in [0.2, 0.25) is 0 Å². The molecule has 2 rings (SSSR count). The molecule has 25 heavy (non-hydrogen) atoms. The van der Waals surface area contributed by atoms with E-state index < -0.39 is 0 Å². The monoisotopic (exact) mass is 348 g/mol. The van der Waals surface area contributed by atoms with Gasteiger partial charge >= 0.3 is 0 Å². The standard InChI is InChI=1S/C19H28N2O4/c1-14-9-15(2)12-21(11-14)19(24)13-25-17-5-3-16(4-6-17)10-18(23)20-7-8-22/h3-6,14-15,22H,7-13H2,1-2H3,(H,20,23)/t14-,15+. The minimum absolute atomic E-state index is 0.0193. The molecule has 0 aromatic heterocycles. The summed E-state index contributed by atoms with van der Waals surface area (Å²) in [6.45, 7) is 6.17. The Morgan fingerprint density at radius 3 is 2.44 bits per heavy atom. The number of carbonyl (C=O) groups excluding carboxylic acids is 2. The van der Waals surface area contributed by atoms with Crippen molar-refractivity contribution in [3.63, 3.8) is 0 Å². The first-order chi connectivity index (χ1) is 12.0. The minimum Gasteiger partial charge on any atom is -0.484 e. The summed E-state index contributed by atoms with van der Waals surface area (Å²) >= 11 is 0. The molecule has 0 unspecified atom stereocenters. The van der Waals surface area contributed by atoms with Gasteiger partial charge in [-0.15, -0.1) is 0 Å². The van der Waals surface area contributed by atoms with Gasteiger partial charge in [-0.3, -0.25) is 9.59 Å². The van der Waals surface area contributed by atoms with Crippen molar-refractivity contribution in [2.24, 2.45) is 11.8 Å². The van der Waals surface area contributed by atoms with Crippen LogP contribution < -0.4 is 10.1 Å². The highest BCUT2D eigenvalue weighted by atomic mass is 16.5. The Morgan fingerprint density at radius 2 is 1.84 bits per heavy atom. The summed E-state index contributed by atoms with van der Waals surface area (Å²) in [5.41, 5.74) is 0.854. The Balaban J connectivity index is 1.79. The molecule has 1 aliphatic heterocycles. The molecule has 0 radical (unpaired) electrons. The van der Waals surface area contributed by atoms with E-state index in [0.29, 0.717) is 17.6 Å². The summed E-state index contributed by atoms with van der Waals surface area (Å²) in [5.74, 6) is 1.57. The predicted octanol–water partition coefficient (Wildman–Crippen LogP) is 1.22. The molecule has 1 heterocycles. The smallest absolute Gasteiger partial charge is 0.260 e. The molecule has 1 saturated heterocycles. The number of hydrogen-bond donors (Lipinski definition) is 2. The van der Waals surface area contributed by atoms with Crippen molar-refractivity contribution in [1.82, 2.24) is 10.2 Å². The van der Waals surface area contributed by atoms with Gasteiger partial charge in [0.1, 0.15) is 5.75 Å². The number of carbonyl (C=O) groups is 2. The highest BCUT2D eigenvalue weighted by Gasteiger charge is 2.25. The van der Waals surface area contributed by atoms with Crippen LogP contribution in [-0.2, 0) is 16.0 Å². The zero-order chi connectivity index (χ0) is 18.2. The lowest BCUT2D eigenvalue weighted by Crippen LogP contribution is -2.44. The van der Waals surface area contributed by atoms with E-state index in [0.717, 1.165) is 25.1 Å². The van der Waals surface area contributed by atoms with E-state index in [1.54, 1.807) is 12.1 Å². The molecular formula is C19H28N2O4. The predicted molar refractivity (Wildman–Crippen MR) is 95.3 cm³/mol. The Kier molecular flexibility index (Phi) is 7.25. The maximum Gasteiger partial charge on any atom is 0.260 e. The molecule has 2 atom stereocenters. The molecule has 1 fully saturated rings. The average molecular weight is 348 g/mol. The SMILES string of the molecule is C[C@@H]1C[C@H](C)CN(C(=O)COc2ccc(CC(=O)NCCO)cc2)C1. The van der Waals surface area contributed by atoms with Gasteiger partial charge in [-0.05, 0) is 36.0 Å². The van der Waals surface area contributed by atoms with Crippen LogP contribution in [0, 0.1) is 11.8 Å². The van der Waals surface area contributed by atoms with Crippen LogP contribution in [0.15, 0.2) is 24.3 Å². The molecule has 2 N–H and O–H groups in total. The van der Waals surface area contributed by atoms with Crippen molar-refractivity contribution >= 4 is 11.8 Å². The number of nitrogens with one attached hydrogen (secondary N) is 1. The van der Waals surface area contributed by atoms with Gasteiger partial charge in [0.2, 0.25) is 5.91 Å². The van der Waals surface area contributed by atoms with Crippen molar-refractivity contribution in [3.8, 4) is 5.75 Å². The summed E-state index contributed by atoms with van der Waals surface area (Å²) in [7, 11) is 0. The molecular weight excluding hydrogens is 320 g/mol. The fourth-order valence-corrected chi connectivity index (χ4v) is 3.25. The number of nitrogens with zero attached hydrogens (tertiary/aromatic N) is 1. The van der Waals surface area contributed by atoms with Crippen molar-refractivity contribution in [1.29, 1.82) is 0 Å². The number of aliphatic hydroxyl groups excluding tert-OH is 1. The lowest BCUT2D eigenvalue weighted by molar-refractivity contribution is -0.136. The number of hydrogen-bond acceptors (Lipinski definition) is 4. The first-order valence-electron chi connectivity index (χ1n) is 8.85. The summed E-state index contributed by atoms with van der Waals surface area (Å²) in [4.78, 5) is 25.8. The Bertz CT molecular complexity index is 563. The van der Waals surface area contributed by atoms with E-state index >= 15 is 0 Å². The second-order valence-corrected chi connectivity index (χ2v) is 6.93. The minimum atomic E-state index is -0.133. The summed E-state index contributed by atoms with van der Waals surface area (Å²) < 4.78 is 5.59. The normalized spacial score (nSPS) is 20.2. The number of likely N-dealkylation sites (tertiary alicyclic amines) is 1. The molecule has 1 aromatic rings. The first-order valence-corrected chi connectivity index (χ1v) is 8.85. The van der Waals surface area contributed by atoms with E-state index in [9.17, 15) is 9.59 Å². The number of rotatable bonds is 7. The van der Waals surface area contributed by atoms with Crippen LogP contribution in [0.1, 0.15) is 25.8 Å². The molecule has 0 aliphatic carbocycles. The van der Waals surface area contributed by atoms with Crippen LogP contribution in [0.4, 0.5) is 0 Å². The second-order valence-electron chi connectivity index (χ2n) is 6.93. The van der Waals surface area contributed by atoms with Gasteiger partial charge in [0, 0.05) is 19.6 Å². The maximum absolute atomic E-state index is 12.3. The van der Waals surface area contributed by atoms with Gasteiger partial charge in [0.05, 0.1) is 13.0 Å².